The first-order valence-electron chi connectivity index (χ1n) is 15.9. The van der Waals surface area contributed by atoms with E-state index >= 15 is 0 Å². The molecule has 0 saturated carbocycles. The van der Waals surface area contributed by atoms with Crippen LogP contribution in [0.5, 0.6) is 0 Å². The first-order chi connectivity index (χ1) is 22.3. The SMILES string of the molecule is c1ccc(C2c3ccccc3-c3ccc(-c4ccc5c6ccccc6n(-c6ccc7c(c6)-c6ccccc6C7)c5c4)cc32)cc1. The molecule has 45 heavy (non-hydrogen) atoms. The Bertz CT molecular complexity index is 2460. The molecule has 210 valence electrons. The highest BCUT2D eigenvalue weighted by Crippen LogP contribution is 2.49. The Hall–Kier alpha value is -5.66. The summed E-state index contributed by atoms with van der Waals surface area (Å²) in [5, 5.41) is 2.57. The summed E-state index contributed by atoms with van der Waals surface area (Å²) in [4.78, 5) is 0. The second-order valence-electron chi connectivity index (χ2n) is 12.5. The quantitative estimate of drug-likeness (QED) is 0.199. The summed E-state index contributed by atoms with van der Waals surface area (Å²) in [7, 11) is 0. The van der Waals surface area contributed by atoms with E-state index in [0.29, 0.717) is 0 Å². The van der Waals surface area contributed by atoms with Gasteiger partial charge in [0.1, 0.15) is 0 Å². The van der Waals surface area contributed by atoms with Gasteiger partial charge in [-0.3, -0.25) is 0 Å². The third-order valence-electron chi connectivity index (χ3n) is 10.1. The molecule has 1 heteroatoms. The maximum absolute atomic E-state index is 2.46. The van der Waals surface area contributed by atoms with Gasteiger partial charge < -0.3 is 4.57 Å². The average molecular weight is 572 g/mol. The summed E-state index contributed by atoms with van der Waals surface area (Å²) in [6.45, 7) is 0. The van der Waals surface area contributed by atoms with Gasteiger partial charge in [-0.05, 0) is 98.0 Å². The van der Waals surface area contributed by atoms with E-state index in [9.17, 15) is 0 Å². The van der Waals surface area contributed by atoms with Crippen LogP contribution < -0.4 is 0 Å². The number of rotatable bonds is 3. The predicted octanol–water partition coefficient (Wildman–Crippen LogP) is 11.2. The van der Waals surface area contributed by atoms with E-state index in [1.807, 2.05) is 0 Å². The lowest BCUT2D eigenvalue weighted by Gasteiger charge is -2.15. The van der Waals surface area contributed by atoms with Gasteiger partial charge in [0.15, 0.2) is 0 Å². The number of nitrogens with zero attached hydrogens (tertiary/aromatic N) is 1. The van der Waals surface area contributed by atoms with Crippen LogP contribution >= 0.6 is 0 Å². The van der Waals surface area contributed by atoms with Crippen molar-refractivity contribution in [2.24, 2.45) is 0 Å². The highest BCUT2D eigenvalue weighted by atomic mass is 15.0. The van der Waals surface area contributed by atoms with E-state index in [-0.39, 0.29) is 5.92 Å². The molecule has 2 aliphatic rings. The van der Waals surface area contributed by atoms with Crippen LogP contribution in [-0.4, -0.2) is 4.57 Å². The van der Waals surface area contributed by atoms with Gasteiger partial charge in [-0.1, -0.05) is 127 Å². The molecule has 2 aliphatic carbocycles. The van der Waals surface area contributed by atoms with E-state index in [1.54, 1.807) is 0 Å². The van der Waals surface area contributed by atoms with Crippen molar-refractivity contribution in [2.45, 2.75) is 12.3 Å². The maximum Gasteiger partial charge on any atom is 0.0547 e. The van der Waals surface area contributed by atoms with E-state index in [1.165, 1.54) is 88.7 Å². The molecule has 0 spiro atoms. The third kappa shape index (κ3) is 3.62. The van der Waals surface area contributed by atoms with Crippen LogP contribution in [0.15, 0.2) is 158 Å². The molecule has 1 atom stereocenters. The number of aromatic nitrogens is 1. The molecule has 0 bridgehead atoms. The molecule has 0 aliphatic heterocycles. The van der Waals surface area contributed by atoms with Gasteiger partial charge >= 0.3 is 0 Å². The monoisotopic (exact) mass is 571 g/mol. The smallest absolute Gasteiger partial charge is 0.0547 e. The lowest BCUT2D eigenvalue weighted by atomic mass is 9.88. The first kappa shape index (κ1) is 24.7. The Morgan fingerprint density at radius 3 is 2.04 bits per heavy atom. The van der Waals surface area contributed by atoms with Crippen molar-refractivity contribution >= 4 is 21.8 Å². The zero-order chi connectivity index (χ0) is 29.5. The van der Waals surface area contributed by atoms with Gasteiger partial charge in [-0.15, -0.1) is 0 Å². The minimum atomic E-state index is 0.238. The molecular formula is C44H29N. The lowest BCUT2D eigenvalue weighted by Crippen LogP contribution is -1.99. The molecule has 0 fully saturated rings. The number of hydrogen-bond donors (Lipinski definition) is 0. The molecule has 0 amide bonds. The normalized spacial score (nSPS) is 14.4. The molecule has 0 radical (unpaired) electrons. The molecule has 1 heterocycles. The van der Waals surface area contributed by atoms with Gasteiger partial charge in [0.25, 0.3) is 0 Å². The van der Waals surface area contributed by atoms with Crippen molar-refractivity contribution in [1.82, 2.24) is 4.57 Å². The summed E-state index contributed by atoms with van der Waals surface area (Å²) < 4.78 is 2.46. The highest BCUT2D eigenvalue weighted by molar-refractivity contribution is 6.10. The van der Waals surface area contributed by atoms with Gasteiger partial charge in [0, 0.05) is 22.4 Å². The lowest BCUT2D eigenvalue weighted by molar-refractivity contribution is 1.02. The van der Waals surface area contributed by atoms with E-state index in [0.717, 1.165) is 6.42 Å². The van der Waals surface area contributed by atoms with Crippen LogP contribution in [0.4, 0.5) is 0 Å². The van der Waals surface area contributed by atoms with E-state index in [2.05, 4.69) is 162 Å². The summed E-state index contributed by atoms with van der Waals surface area (Å²) in [5.74, 6) is 0.238. The molecule has 8 aromatic rings. The molecule has 1 aromatic heterocycles. The van der Waals surface area contributed by atoms with Gasteiger partial charge in [-0.25, -0.2) is 0 Å². The maximum atomic E-state index is 2.46. The fourth-order valence-corrected chi connectivity index (χ4v) is 8.07. The van der Waals surface area contributed by atoms with Crippen LogP contribution in [0.3, 0.4) is 0 Å². The number of fused-ring (bicyclic) bond motifs is 9. The topological polar surface area (TPSA) is 4.93 Å². The van der Waals surface area contributed by atoms with Crippen LogP contribution in [0.1, 0.15) is 33.7 Å². The number of hydrogen-bond acceptors (Lipinski definition) is 0. The van der Waals surface area contributed by atoms with Crippen molar-refractivity contribution < 1.29 is 0 Å². The molecule has 1 nitrogen and oxygen atoms in total. The van der Waals surface area contributed by atoms with Crippen LogP contribution in [-0.2, 0) is 6.42 Å². The fraction of sp³-hybridized carbons (Fsp3) is 0.0455. The third-order valence-corrected chi connectivity index (χ3v) is 10.1. The molecule has 7 aromatic carbocycles. The van der Waals surface area contributed by atoms with Gasteiger partial charge in [0.2, 0.25) is 0 Å². The number of para-hydroxylation sites is 1. The second-order valence-corrected chi connectivity index (χ2v) is 12.5. The van der Waals surface area contributed by atoms with E-state index < -0.39 is 0 Å². The summed E-state index contributed by atoms with van der Waals surface area (Å²) in [6, 6.07) is 58.7. The van der Waals surface area contributed by atoms with Crippen LogP contribution in [0, 0.1) is 0 Å². The van der Waals surface area contributed by atoms with Gasteiger partial charge in [0.05, 0.1) is 11.0 Å². The minimum absolute atomic E-state index is 0.238. The van der Waals surface area contributed by atoms with Crippen molar-refractivity contribution in [3.8, 4) is 39.1 Å². The van der Waals surface area contributed by atoms with Crippen molar-refractivity contribution in [1.29, 1.82) is 0 Å². The fourth-order valence-electron chi connectivity index (χ4n) is 8.07. The summed E-state index contributed by atoms with van der Waals surface area (Å²) in [5.41, 5.74) is 18.5. The number of benzene rings is 7. The summed E-state index contributed by atoms with van der Waals surface area (Å²) >= 11 is 0. The minimum Gasteiger partial charge on any atom is -0.309 e. The molecule has 10 rings (SSSR count). The van der Waals surface area contributed by atoms with Crippen LogP contribution in [0.25, 0.3) is 60.9 Å². The van der Waals surface area contributed by atoms with Crippen LogP contribution in [0.2, 0.25) is 0 Å². The Balaban J connectivity index is 1.16. The zero-order valence-electron chi connectivity index (χ0n) is 24.7. The molecule has 0 N–H and O–H groups in total. The van der Waals surface area contributed by atoms with Crippen molar-refractivity contribution in [2.75, 3.05) is 0 Å². The Kier molecular flexibility index (Phi) is 5.18. The highest BCUT2D eigenvalue weighted by Gasteiger charge is 2.30. The largest absolute Gasteiger partial charge is 0.309 e. The summed E-state index contributed by atoms with van der Waals surface area (Å²) in [6.07, 6.45) is 1.01. The first-order valence-corrected chi connectivity index (χ1v) is 15.9. The second kappa shape index (κ2) is 9.42. The standard InChI is InChI=1S/C44H29N/c1-2-10-28(11-3-1)44-39-16-7-6-14-35(39)36-22-19-29(25-41(36)44)30-20-23-38-37-15-8-9-17-42(37)45(43(38)26-30)33-21-18-32-24-31-12-4-5-13-34(31)40(32)27-33/h1-23,25-27,44H,24H2. The van der Waals surface area contributed by atoms with Crippen molar-refractivity contribution in [3.05, 3.63) is 186 Å². The molecule has 1 unspecified atom stereocenters. The predicted molar refractivity (Wildman–Crippen MR) is 187 cm³/mol. The van der Waals surface area contributed by atoms with Gasteiger partial charge in [-0.2, -0.15) is 0 Å². The Morgan fingerprint density at radius 1 is 0.422 bits per heavy atom. The average Bonchev–Trinajstić information content (AvgIpc) is 3.75. The van der Waals surface area contributed by atoms with Crippen molar-refractivity contribution in [3.63, 3.8) is 0 Å². The zero-order valence-corrected chi connectivity index (χ0v) is 24.7. The Labute approximate surface area is 262 Å². The van der Waals surface area contributed by atoms with E-state index in [4.69, 9.17) is 0 Å². The molecule has 0 saturated heterocycles. The Morgan fingerprint density at radius 2 is 1.11 bits per heavy atom. The molecular weight excluding hydrogens is 542 g/mol.